The first-order valence-electron chi connectivity index (χ1n) is 3.33. The lowest BCUT2D eigenvalue weighted by Gasteiger charge is -1.95. The third kappa shape index (κ3) is 1.29. The largest absolute Gasteiger partial charge is 0.477 e. The fourth-order valence-corrected chi connectivity index (χ4v) is 1.63. The van der Waals surface area contributed by atoms with E-state index in [1.54, 1.807) is 11.4 Å². The zero-order valence-electron chi connectivity index (χ0n) is 6.28. The second-order valence-corrected chi connectivity index (χ2v) is 3.11. The van der Waals surface area contributed by atoms with Crippen molar-refractivity contribution >= 4 is 17.3 Å². The summed E-state index contributed by atoms with van der Waals surface area (Å²) in [7, 11) is 0. The molecule has 0 saturated carbocycles. The van der Waals surface area contributed by atoms with E-state index in [1.807, 2.05) is 0 Å². The average Bonchev–Trinajstić information content (AvgIpc) is 2.74. The van der Waals surface area contributed by atoms with Crippen LogP contribution in [0.3, 0.4) is 0 Å². The number of rotatable bonds is 2. The summed E-state index contributed by atoms with van der Waals surface area (Å²) in [5, 5.41) is 20.9. The minimum Gasteiger partial charge on any atom is -0.477 e. The molecule has 0 saturated heterocycles. The van der Waals surface area contributed by atoms with Crippen LogP contribution < -0.4 is 0 Å². The topological polar surface area (TPSA) is 80.9 Å². The number of carboxylic acid groups (broad SMARTS) is 1. The summed E-state index contributed by atoms with van der Waals surface area (Å²) >= 11 is 1.14. The summed E-state index contributed by atoms with van der Waals surface area (Å²) in [5.41, 5.74) is 0.488. The Morgan fingerprint density at radius 1 is 1.62 bits per heavy atom. The van der Waals surface area contributed by atoms with Gasteiger partial charge in [0.2, 0.25) is 0 Å². The van der Waals surface area contributed by atoms with Gasteiger partial charge in [-0.15, -0.1) is 16.4 Å². The van der Waals surface area contributed by atoms with Crippen molar-refractivity contribution in [2.45, 2.75) is 0 Å². The Labute approximate surface area is 76.4 Å². The van der Waals surface area contributed by atoms with Crippen molar-refractivity contribution in [3.05, 3.63) is 22.7 Å². The average molecular weight is 196 g/mol. The number of hydrogen-bond acceptors (Lipinski definition) is 5. The summed E-state index contributed by atoms with van der Waals surface area (Å²) in [6.45, 7) is 0. The van der Waals surface area contributed by atoms with Crippen LogP contribution in [0, 0.1) is 0 Å². The number of hydrogen-bond donors (Lipinski definition) is 1. The number of carbonyl (C=O) groups is 1. The van der Waals surface area contributed by atoms with Crippen LogP contribution >= 0.6 is 11.3 Å². The normalized spacial score (nSPS) is 10.2. The SMILES string of the molecule is O=C(O)c1sccc1-n1cnnn1. The number of aromatic carboxylic acids is 1. The van der Waals surface area contributed by atoms with Crippen LogP contribution in [0.5, 0.6) is 0 Å². The van der Waals surface area contributed by atoms with Gasteiger partial charge >= 0.3 is 5.97 Å². The molecule has 1 N–H and O–H groups in total. The van der Waals surface area contributed by atoms with Gasteiger partial charge in [-0.25, -0.2) is 4.79 Å². The number of nitrogens with zero attached hydrogens (tertiary/aromatic N) is 4. The number of tetrazole rings is 1. The van der Waals surface area contributed by atoms with Crippen LogP contribution in [0.1, 0.15) is 9.67 Å². The minimum atomic E-state index is -0.972. The summed E-state index contributed by atoms with van der Waals surface area (Å²) in [5.74, 6) is -0.972. The minimum absolute atomic E-state index is 0.229. The van der Waals surface area contributed by atoms with Crippen molar-refractivity contribution in [1.29, 1.82) is 0 Å². The predicted molar refractivity (Wildman–Crippen MR) is 44.0 cm³/mol. The van der Waals surface area contributed by atoms with Gasteiger partial charge in [0.05, 0.1) is 5.69 Å². The molecular formula is C6H4N4O2S. The highest BCUT2D eigenvalue weighted by atomic mass is 32.1. The maximum Gasteiger partial charge on any atom is 0.348 e. The molecule has 2 rings (SSSR count). The molecule has 0 radical (unpaired) electrons. The molecule has 0 fully saturated rings. The summed E-state index contributed by atoms with van der Waals surface area (Å²) in [6.07, 6.45) is 1.36. The van der Waals surface area contributed by atoms with E-state index in [-0.39, 0.29) is 4.88 Å². The molecule has 0 aliphatic carbocycles. The number of thiophene rings is 1. The molecule has 0 aromatic carbocycles. The highest BCUT2D eigenvalue weighted by Crippen LogP contribution is 2.19. The van der Waals surface area contributed by atoms with Crippen molar-refractivity contribution in [2.24, 2.45) is 0 Å². The van der Waals surface area contributed by atoms with Gasteiger partial charge in [-0.3, -0.25) is 0 Å². The zero-order chi connectivity index (χ0) is 9.26. The summed E-state index contributed by atoms with van der Waals surface area (Å²) in [4.78, 5) is 10.9. The van der Waals surface area contributed by atoms with E-state index in [0.29, 0.717) is 5.69 Å². The van der Waals surface area contributed by atoms with Gasteiger partial charge in [0.15, 0.2) is 0 Å². The van der Waals surface area contributed by atoms with Crippen molar-refractivity contribution < 1.29 is 9.90 Å². The van der Waals surface area contributed by atoms with Crippen molar-refractivity contribution in [1.82, 2.24) is 20.2 Å². The van der Waals surface area contributed by atoms with E-state index in [2.05, 4.69) is 15.5 Å². The van der Waals surface area contributed by atoms with E-state index >= 15 is 0 Å². The summed E-state index contributed by atoms with van der Waals surface area (Å²) < 4.78 is 1.32. The lowest BCUT2D eigenvalue weighted by molar-refractivity contribution is 0.0702. The molecule has 13 heavy (non-hydrogen) atoms. The Balaban J connectivity index is 2.52. The molecule has 0 atom stereocenters. The van der Waals surface area contributed by atoms with Gasteiger partial charge in [-0.2, -0.15) is 4.68 Å². The first-order valence-corrected chi connectivity index (χ1v) is 4.21. The smallest absolute Gasteiger partial charge is 0.348 e. The van der Waals surface area contributed by atoms with Gasteiger partial charge in [-0.1, -0.05) is 0 Å². The molecule has 0 spiro atoms. The number of aromatic nitrogens is 4. The highest BCUT2D eigenvalue weighted by molar-refractivity contribution is 7.12. The molecule has 2 aromatic heterocycles. The van der Waals surface area contributed by atoms with Gasteiger partial charge in [0, 0.05) is 0 Å². The lowest BCUT2D eigenvalue weighted by atomic mass is 10.4. The second kappa shape index (κ2) is 2.94. The lowest BCUT2D eigenvalue weighted by Crippen LogP contribution is -2.01. The molecule has 0 aliphatic heterocycles. The molecule has 2 heterocycles. The van der Waals surface area contributed by atoms with Crippen LogP contribution in [0.25, 0.3) is 5.69 Å². The Kier molecular flexibility index (Phi) is 1.78. The predicted octanol–water partition coefficient (Wildman–Crippen LogP) is 0.422. The Morgan fingerprint density at radius 2 is 2.46 bits per heavy atom. The van der Waals surface area contributed by atoms with Crippen molar-refractivity contribution in [2.75, 3.05) is 0 Å². The first kappa shape index (κ1) is 7.87. The fourth-order valence-electron chi connectivity index (χ4n) is 0.915. The zero-order valence-corrected chi connectivity index (χ0v) is 7.10. The standard InChI is InChI=1S/C6H4N4O2S/c11-6(12)5-4(1-2-13-5)10-3-7-8-9-10/h1-3H,(H,11,12). The highest BCUT2D eigenvalue weighted by Gasteiger charge is 2.13. The number of carboxylic acids is 1. The van der Waals surface area contributed by atoms with Crippen LogP contribution in [0.15, 0.2) is 17.8 Å². The van der Waals surface area contributed by atoms with E-state index in [9.17, 15) is 4.79 Å². The molecule has 2 aromatic rings. The summed E-state index contributed by atoms with van der Waals surface area (Å²) in [6, 6.07) is 1.66. The molecule has 7 heteroatoms. The maximum absolute atomic E-state index is 10.7. The molecule has 66 valence electrons. The van der Waals surface area contributed by atoms with Gasteiger partial charge in [-0.05, 0) is 21.9 Å². The monoisotopic (exact) mass is 196 g/mol. The van der Waals surface area contributed by atoms with Crippen molar-refractivity contribution in [3.63, 3.8) is 0 Å². The van der Waals surface area contributed by atoms with E-state index in [4.69, 9.17) is 5.11 Å². The molecule has 6 nitrogen and oxygen atoms in total. The molecule has 0 unspecified atom stereocenters. The molecule has 0 amide bonds. The van der Waals surface area contributed by atoms with Crippen LogP contribution in [0.4, 0.5) is 0 Å². The van der Waals surface area contributed by atoms with Gasteiger partial charge in [0.1, 0.15) is 11.2 Å². The third-order valence-corrected chi connectivity index (χ3v) is 2.33. The Bertz CT molecular complexity index is 422. The van der Waals surface area contributed by atoms with Crippen LogP contribution in [-0.2, 0) is 0 Å². The maximum atomic E-state index is 10.7. The van der Waals surface area contributed by atoms with Crippen LogP contribution in [0.2, 0.25) is 0 Å². The first-order chi connectivity index (χ1) is 6.29. The fraction of sp³-hybridized carbons (Fsp3) is 0. The Hall–Kier alpha value is -1.76. The van der Waals surface area contributed by atoms with Crippen LogP contribution in [-0.4, -0.2) is 31.3 Å². The van der Waals surface area contributed by atoms with E-state index in [1.165, 1.54) is 11.0 Å². The Morgan fingerprint density at radius 3 is 3.08 bits per heavy atom. The second-order valence-electron chi connectivity index (χ2n) is 2.19. The molecule has 0 aliphatic rings. The van der Waals surface area contributed by atoms with Gasteiger partial charge < -0.3 is 5.11 Å². The molecule has 0 bridgehead atoms. The van der Waals surface area contributed by atoms with E-state index < -0.39 is 5.97 Å². The quantitative estimate of drug-likeness (QED) is 0.752. The van der Waals surface area contributed by atoms with Gasteiger partial charge in [0.25, 0.3) is 0 Å². The van der Waals surface area contributed by atoms with Crippen molar-refractivity contribution in [3.8, 4) is 5.69 Å². The molecular weight excluding hydrogens is 192 g/mol. The third-order valence-electron chi connectivity index (χ3n) is 1.43. The van der Waals surface area contributed by atoms with E-state index in [0.717, 1.165) is 11.3 Å².